The topological polar surface area (TPSA) is 58.8 Å². The molecule has 1 heterocycles. The highest BCUT2D eigenvalue weighted by Crippen LogP contribution is 2.18. The van der Waals surface area contributed by atoms with E-state index in [0.717, 1.165) is 31.2 Å². The number of guanidine groups is 1. The third-order valence-corrected chi connectivity index (χ3v) is 2.80. The largest absolute Gasteiger partial charge is 0.467 e. The van der Waals surface area contributed by atoms with Crippen LogP contribution in [0.25, 0.3) is 0 Å². The van der Waals surface area contributed by atoms with Crippen LogP contribution < -0.4 is 10.6 Å². The Bertz CT molecular complexity index is 372. The second-order valence-electron chi connectivity index (χ2n) is 4.66. The first-order valence-electron chi connectivity index (χ1n) is 7.03. The van der Waals surface area contributed by atoms with Crippen molar-refractivity contribution in [1.29, 1.82) is 0 Å². The van der Waals surface area contributed by atoms with Gasteiger partial charge >= 0.3 is 0 Å². The van der Waals surface area contributed by atoms with Crippen molar-refractivity contribution in [2.24, 2.45) is 4.99 Å². The number of ether oxygens (including phenoxy) is 1. The van der Waals surface area contributed by atoms with Crippen LogP contribution in [-0.2, 0) is 11.3 Å². The summed E-state index contributed by atoms with van der Waals surface area (Å²) in [6.07, 6.45) is 5.10. The lowest BCUT2D eigenvalue weighted by Gasteiger charge is -2.09. The van der Waals surface area contributed by atoms with Crippen LogP contribution in [0.2, 0.25) is 0 Å². The molecule has 1 aromatic rings. The molecule has 2 rings (SSSR count). The van der Waals surface area contributed by atoms with Crippen LogP contribution in [0.1, 0.15) is 31.9 Å². The molecule has 1 aliphatic rings. The molecule has 0 spiro atoms. The summed E-state index contributed by atoms with van der Waals surface area (Å²) < 4.78 is 10.7. The molecule has 0 aliphatic heterocycles. The zero-order chi connectivity index (χ0) is 13.3. The second kappa shape index (κ2) is 7.84. The first kappa shape index (κ1) is 13.9. The molecule has 0 saturated heterocycles. The summed E-state index contributed by atoms with van der Waals surface area (Å²) in [6, 6.07) is 4.42. The monoisotopic (exact) mass is 265 g/mol. The van der Waals surface area contributed by atoms with Crippen LogP contribution >= 0.6 is 0 Å². The molecule has 0 radical (unpaired) electrons. The number of aliphatic imine (C=N–C) groups is 1. The smallest absolute Gasteiger partial charge is 0.191 e. The van der Waals surface area contributed by atoms with Crippen LogP contribution in [0, 0.1) is 0 Å². The lowest BCUT2D eigenvalue weighted by atomic mass is 10.4. The Kier molecular flexibility index (Phi) is 5.75. The minimum absolute atomic E-state index is 0.539. The van der Waals surface area contributed by atoms with Gasteiger partial charge in [-0.15, -0.1) is 0 Å². The van der Waals surface area contributed by atoms with Gasteiger partial charge in [-0.1, -0.05) is 0 Å². The van der Waals surface area contributed by atoms with Crippen molar-refractivity contribution in [2.45, 2.75) is 38.8 Å². The Morgan fingerprint density at radius 3 is 3.11 bits per heavy atom. The van der Waals surface area contributed by atoms with Gasteiger partial charge < -0.3 is 19.8 Å². The number of hydrogen-bond acceptors (Lipinski definition) is 3. The number of hydrogen-bond donors (Lipinski definition) is 2. The molecule has 0 aromatic carbocycles. The molecule has 1 saturated carbocycles. The molecular weight excluding hydrogens is 242 g/mol. The molecular formula is C14H23N3O2. The van der Waals surface area contributed by atoms with Crippen molar-refractivity contribution in [2.75, 3.05) is 19.7 Å². The van der Waals surface area contributed by atoms with Gasteiger partial charge in [-0.3, -0.25) is 4.99 Å². The Hall–Kier alpha value is -1.49. The van der Waals surface area contributed by atoms with Gasteiger partial charge in [0.25, 0.3) is 0 Å². The maximum atomic E-state index is 5.51. The van der Waals surface area contributed by atoms with E-state index in [1.54, 1.807) is 6.26 Å². The van der Waals surface area contributed by atoms with Gasteiger partial charge in [-0.05, 0) is 38.3 Å². The van der Waals surface area contributed by atoms with E-state index in [4.69, 9.17) is 9.15 Å². The van der Waals surface area contributed by atoms with Crippen molar-refractivity contribution in [3.8, 4) is 0 Å². The van der Waals surface area contributed by atoms with Gasteiger partial charge in [0.05, 0.1) is 6.26 Å². The lowest BCUT2D eigenvalue weighted by Crippen LogP contribution is -2.38. The van der Waals surface area contributed by atoms with Gasteiger partial charge in [0.2, 0.25) is 0 Å². The first-order chi connectivity index (χ1) is 9.38. The molecule has 1 aromatic heterocycles. The molecule has 2 N–H and O–H groups in total. The van der Waals surface area contributed by atoms with Crippen molar-refractivity contribution >= 4 is 5.96 Å². The summed E-state index contributed by atoms with van der Waals surface area (Å²) in [7, 11) is 0. The third-order valence-electron chi connectivity index (χ3n) is 2.80. The second-order valence-corrected chi connectivity index (χ2v) is 4.66. The summed E-state index contributed by atoms with van der Waals surface area (Å²) in [5.41, 5.74) is 0. The summed E-state index contributed by atoms with van der Waals surface area (Å²) in [4.78, 5) is 4.52. The Labute approximate surface area is 114 Å². The van der Waals surface area contributed by atoms with Crippen molar-refractivity contribution in [3.63, 3.8) is 0 Å². The number of rotatable bonds is 8. The zero-order valence-corrected chi connectivity index (χ0v) is 11.5. The fourth-order valence-corrected chi connectivity index (χ4v) is 1.67. The van der Waals surface area contributed by atoms with Gasteiger partial charge in [0.1, 0.15) is 12.4 Å². The molecule has 19 heavy (non-hydrogen) atoms. The average molecular weight is 265 g/mol. The summed E-state index contributed by atoms with van der Waals surface area (Å²) >= 11 is 0. The molecule has 1 aliphatic carbocycles. The Balaban J connectivity index is 1.55. The number of nitrogens with zero attached hydrogens (tertiary/aromatic N) is 1. The molecule has 1 fully saturated rings. The number of furan rings is 1. The molecule has 106 valence electrons. The van der Waals surface area contributed by atoms with Gasteiger partial charge in [-0.25, -0.2) is 0 Å². The highest BCUT2D eigenvalue weighted by molar-refractivity contribution is 5.80. The molecule has 5 heteroatoms. The summed E-state index contributed by atoms with van der Waals surface area (Å²) in [6.45, 7) is 4.99. The molecule has 5 nitrogen and oxygen atoms in total. The van der Waals surface area contributed by atoms with E-state index in [1.165, 1.54) is 12.8 Å². The average Bonchev–Trinajstić information content (AvgIpc) is 3.06. The standard InChI is InChI=1S/C14H23N3O2/c1-2-15-14(17-12-6-7-12)16-8-4-9-18-11-13-5-3-10-19-13/h3,5,10,12H,2,4,6-9,11H2,1H3,(H2,15,16,17). The van der Waals surface area contributed by atoms with E-state index in [-0.39, 0.29) is 0 Å². The van der Waals surface area contributed by atoms with E-state index in [2.05, 4.69) is 22.5 Å². The van der Waals surface area contributed by atoms with Gasteiger partial charge in [0, 0.05) is 25.7 Å². The van der Waals surface area contributed by atoms with Crippen LogP contribution in [-0.4, -0.2) is 31.7 Å². The predicted molar refractivity (Wildman–Crippen MR) is 75.1 cm³/mol. The van der Waals surface area contributed by atoms with Crippen molar-refractivity contribution < 1.29 is 9.15 Å². The van der Waals surface area contributed by atoms with Crippen LogP contribution in [0.3, 0.4) is 0 Å². The van der Waals surface area contributed by atoms with E-state index < -0.39 is 0 Å². The summed E-state index contributed by atoms with van der Waals surface area (Å²) in [5, 5.41) is 6.64. The number of nitrogens with one attached hydrogen (secondary N) is 2. The summed E-state index contributed by atoms with van der Waals surface area (Å²) in [5.74, 6) is 1.79. The van der Waals surface area contributed by atoms with Crippen molar-refractivity contribution in [3.05, 3.63) is 24.2 Å². The fourth-order valence-electron chi connectivity index (χ4n) is 1.67. The molecule has 0 atom stereocenters. The quantitative estimate of drug-likeness (QED) is 0.428. The van der Waals surface area contributed by atoms with E-state index in [9.17, 15) is 0 Å². The molecule has 0 bridgehead atoms. The van der Waals surface area contributed by atoms with E-state index in [1.807, 2.05) is 12.1 Å². The fraction of sp³-hybridized carbons (Fsp3) is 0.643. The molecule has 0 unspecified atom stereocenters. The SMILES string of the molecule is CCNC(=NCCCOCc1ccco1)NC1CC1. The highest BCUT2D eigenvalue weighted by Gasteiger charge is 2.21. The predicted octanol–water partition coefficient (Wildman–Crippen LogP) is 1.90. The third kappa shape index (κ3) is 5.79. The van der Waals surface area contributed by atoms with Gasteiger partial charge in [0.15, 0.2) is 5.96 Å². The Morgan fingerprint density at radius 1 is 1.53 bits per heavy atom. The maximum absolute atomic E-state index is 5.51. The van der Waals surface area contributed by atoms with Crippen LogP contribution in [0.4, 0.5) is 0 Å². The minimum Gasteiger partial charge on any atom is -0.467 e. The van der Waals surface area contributed by atoms with Gasteiger partial charge in [-0.2, -0.15) is 0 Å². The van der Waals surface area contributed by atoms with Crippen LogP contribution in [0.15, 0.2) is 27.8 Å². The van der Waals surface area contributed by atoms with Crippen LogP contribution in [0.5, 0.6) is 0 Å². The molecule has 0 amide bonds. The van der Waals surface area contributed by atoms with E-state index in [0.29, 0.717) is 19.3 Å². The normalized spacial score (nSPS) is 15.5. The van der Waals surface area contributed by atoms with E-state index >= 15 is 0 Å². The Morgan fingerprint density at radius 2 is 2.42 bits per heavy atom. The van der Waals surface area contributed by atoms with Crippen molar-refractivity contribution in [1.82, 2.24) is 10.6 Å². The lowest BCUT2D eigenvalue weighted by molar-refractivity contribution is 0.105. The first-order valence-corrected chi connectivity index (χ1v) is 7.03. The highest BCUT2D eigenvalue weighted by atomic mass is 16.5. The zero-order valence-electron chi connectivity index (χ0n) is 11.5. The maximum Gasteiger partial charge on any atom is 0.191 e. The minimum atomic E-state index is 0.539.